The van der Waals surface area contributed by atoms with Gasteiger partial charge in [-0.05, 0) is 25.0 Å². The quantitative estimate of drug-likeness (QED) is 0.580. The molecule has 0 saturated heterocycles. The average Bonchev–Trinajstić information content (AvgIpc) is 2.84. The van der Waals surface area contributed by atoms with Gasteiger partial charge in [0.25, 0.3) is 0 Å². The van der Waals surface area contributed by atoms with Crippen LogP contribution in [0.3, 0.4) is 0 Å². The van der Waals surface area contributed by atoms with Gasteiger partial charge in [-0.2, -0.15) is 0 Å². The van der Waals surface area contributed by atoms with Gasteiger partial charge in [0, 0.05) is 31.9 Å². The van der Waals surface area contributed by atoms with Crippen molar-refractivity contribution >= 4 is 17.2 Å². The molecule has 4 heterocycles. The van der Waals surface area contributed by atoms with Crippen LogP contribution in [0.15, 0.2) is 30.6 Å². The van der Waals surface area contributed by atoms with Gasteiger partial charge in [0.05, 0.1) is 23.7 Å². The topological polar surface area (TPSA) is 65.3 Å². The molecule has 5 rings (SSSR count). The van der Waals surface area contributed by atoms with Crippen LogP contribution in [-0.2, 0) is 24.2 Å². The molecular weight excluding hydrogens is 328 g/mol. The number of rotatable bonds is 0. The zero-order valence-corrected chi connectivity index (χ0v) is 14.7. The van der Waals surface area contributed by atoms with Crippen LogP contribution in [0, 0.1) is 0 Å². The number of hydrogen-bond acceptors (Lipinski definition) is 3. The molecule has 3 aromatic rings. The van der Waals surface area contributed by atoms with Gasteiger partial charge in [0.1, 0.15) is 5.69 Å². The standard InChI is InChI=1S/C20H20N4O2/c1-13(25)22-11-9-15-18(14-6-2-3-7-16(14)22)21-12-24-19(15)23-10-5-4-8-17(23)20(24)26/h2-3,6-7,12H,4-5,8-11H2,1H3. The summed E-state index contributed by atoms with van der Waals surface area (Å²) in [6.45, 7) is 3.06. The minimum absolute atomic E-state index is 0.0239. The lowest BCUT2D eigenvalue weighted by molar-refractivity contribution is -0.586. The number of fused-ring (bicyclic) bond motifs is 7. The van der Waals surface area contributed by atoms with E-state index in [1.807, 2.05) is 29.2 Å². The van der Waals surface area contributed by atoms with Crippen molar-refractivity contribution in [3.63, 3.8) is 0 Å². The lowest BCUT2D eigenvalue weighted by Crippen LogP contribution is -2.30. The first-order valence-electron chi connectivity index (χ1n) is 9.16. The molecule has 0 spiro atoms. The Morgan fingerprint density at radius 2 is 2.04 bits per heavy atom. The summed E-state index contributed by atoms with van der Waals surface area (Å²) in [4.78, 5) is 18.7. The van der Waals surface area contributed by atoms with Crippen molar-refractivity contribution in [2.24, 2.45) is 0 Å². The number of imidazole rings is 1. The Morgan fingerprint density at radius 3 is 2.88 bits per heavy atom. The van der Waals surface area contributed by atoms with Gasteiger partial charge in [-0.3, -0.25) is 9.36 Å². The van der Waals surface area contributed by atoms with Crippen LogP contribution in [0.4, 0.5) is 5.69 Å². The molecule has 2 aromatic heterocycles. The predicted molar refractivity (Wildman–Crippen MR) is 94.9 cm³/mol. The number of amides is 1. The molecule has 6 heteroatoms. The molecular formula is C20H20N4O2. The number of anilines is 1. The van der Waals surface area contributed by atoms with E-state index in [0.717, 1.165) is 59.7 Å². The second kappa shape index (κ2) is 5.56. The zero-order valence-electron chi connectivity index (χ0n) is 14.7. The van der Waals surface area contributed by atoms with Crippen molar-refractivity contribution in [1.29, 1.82) is 0 Å². The second-order valence-electron chi connectivity index (χ2n) is 7.06. The van der Waals surface area contributed by atoms with Crippen LogP contribution >= 0.6 is 0 Å². The highest BCUT2D eigenvalue weighted by Gasteiger charge is 2.31. The first-order valence-corrected chi connectivity index (χ1v) is 9.16. The summed E-state index contributed by atoms with van der Waals surface area (Å²) in [6.07, 6.45) is 5.31. The summed E-state index contributed by atoms with van der Waals surface area (Å²) in [6, 6.07) is 7.90. The van der Waals surface area contributed by atoms with E-state index < -0.39 is 0 Å². The number of carbonyl (C=O) groups excluding carboxylic acids is 1. The molecule has 0 atom stereocenters. The second-order valence-corrected chi connectivity index (χ2v) is 7.06. The molecule has 0 fully saturated rings. The highest BCUT2D eigenvalue weighted by atomic mass is 16.3. The summed E-state index contributed by atoms with van der Waals surface area (Å²) < 4.78 is 3.88. The molecule has 0 unspecified atom stereocenters. The van der Waals surface area contributed by atoms with E-state index in [-0.39, 0.29) is 11.8 Å². The summed E-state index contributed by atoms with van der Waals surface area (Å²) in [7, 11) is 0. The van der Waals surface area contributed by atoms with E-state index in [2.05, 4.69) is 9.55 Å². The van der Waals surface area contributed by atoms with Crippen LogP contribution < -0.4 is 14.4 Å². The largest absolute Gasteiger partial charge is 0.846 e. The Kier molecular flexibility index (Phi) is 3.29. The van der Waals surface area contributed by atoms with Gasteiger partial charge in [-0.1, -0.05) is 12.1 Å². The van der Waals surface area contributed by atoms with Crippen LogP contribution in [0.5, 0.6) is 5.88 Å². The molecule has 2 aliphatic heterocycles. The van der Waals surface area contributed by atoms with Crippen molar-refractivity contribution in [1.82, 2.24) is 9.55 Å². The van der Waals surface area contributed by atoms with Crippen LogP contribution in [0.25, 0.3) is 16.9 Å². The smallest absolute Gasteiger partial charge is 0.239 e. The van der Waals surface area contributed by atoms with Gasteiger partial charge < -0.3 is 10.0 Å². The van der Waals surface area contributed by atoms with E-state index in [9.17, 15) is 9.90 Å². The van der Waals surface area contributed by atoms with Crippen molar-refractivity contribution in [2.75, 3.05) is 11.4 Å². The van der Waals surface area contributed by atoms with Gasteiger partial charge in [0.15, 0.2) is 5.69 Å². The van der Waals surface area contributed by atoms with E-state index in [1.165, 1.54) is 0 Å². The molecule has 0 bridgehead atoms. The summed E-state index contributed by atoms with van der Waals surface area (Å²) in [5.41, 5.74) is 5.63. The maximum absolute atomic E-state index is 12.8. The molecule has 26 heavy (non-hydrogen) atoms. The Morgan fingerprint density at radius 1 is 1.19 bits per heavy atom. The summed E-state index contributed by atoms with van der Waals surface area (Å²) >= 11 is 0. The van der Waals surface area contributed by atoms with E-state index in [0.29, 0.717) is 13.0 Å². The Balaban J connectivity index is 1.83. The van der Waals surface area contributed by atoms with Crippen LogP contribution in [0.2, 0.25) is 0 Å². The first kappa shape index (κ1) is 15.4. The van der Waals surface area contributed by atoms with Crippen LogP contribution in [-0.4, -0.2) is 22.0 Å². The fraction of sp³-hybridized carbons (Fsp3) is 0.350. The lowest BCUT2D eigenvalue weighted by Gasteiger charge is -2.20. The Hall–Kier alpha value is -2.89. The normalized spacial score (nSPS) is 16.0. The van der Waals surface area contributed by atoms with E-state index >= 15 is 0 Å². The number of para-hydroxylation sites is 1. The molecule has 6 nitrogen and oxygen atoms in total. The summed E-state index contributed by atoms with van der Waals surface area (Å²) in [5, 5.41) is 12.8. The molecule has 1 amide bonds. The molecule has 0 N–H and O–H groups in total. The highest BCUT2D eigenvalue weighted by Crippen LogP contribution is 2.37. The van der Waals surface area contributed by atoms with Gasteiger partial charge in [0.2, 0.25) is 17.9 Å². The zero-order chi connectivity index (χ0) is 17.8. The molecule has 0 saturated carbocycles. The Labute approximate surface area is 151 Å². The monoisotopic (exact) mass is 348 g/mol. The van der Waals surface area contributed by atoms with Gasteiger partial charge >= 0.3 is 0 Å². The summed E-state index contributed by atoms with van der Waals surface area (Å²) in [5.74, 6) is 0.0758. The maximum atomic E-state index is 12.8. The number of carbonyl (C=O) groups is 1. The lowest BCUT2D eigenvalue weighted by atomic mass is 10.0. The number of aryl methyl sites for hydroxylation is 1. The van der Waals surface area contributed by atoms with Gasteiger partial charge in [-0.25, -0.2) is 4.40 Å². The number of hydrogen-bond donors (Lipinski definition) is 0. The van der Waals surface area contributed by atoms with E-state index in [4.69, 9.17) is 0 Å². The van der Waals surface area contributed by atoms with Crippen LogP contribution in [0.1, 0.15) is 31.0 Å². The molecule has 1 aromatic carbocycles. The molecule has 132 valence electrons. The Bertz CT molecular complexity index is 1050. The third kappa shape index (κ3) is 2.01. The molecule has 0 radical (unpaired) electrons. The SMILES string of the molecule is CC(=O)N1CCc2c(nc[n+]3c([O-])c4n(c23)CCCC4)-c2ccccc21. The van der Waals surface area contributed by atoms with Crippen molar-refractivity contribution in [3.8, 4) is 17.1 Å². The number of nitrogens with zero attached hydrogens (tertiary/aromatic N) is 4. The molecule has 0 aliphatic carbocycles. The minimum Gasteiger partial charge on any atom is -0.846 e. The van der Waals surface area contributed by atoms with Gasteiger partial charge in [-0.15, -0.1) is 4.98 Å². The third-order valence-corrected chi connectivity index (χ3v) is 5.59. The average molecular weight is 348 g/mol. The fourth-order valence-electron chi connectivity index (χ4n) is 4.41. The highest BCUT2D eigenvalue weighted by molar-refractivity contribution is 5.97. The van der Waals surface area contributed by atoms with Crippen molar-refractivity contribution in [3.05, 3.63) is 41.9 Å². The molecule has 2 aliphatic rings. The van der Waals surface area contributed by atoms with Crippen molar-refractivity contribution < 1.29 is 14.3 Å². The van der Waals surface area contributed by atoms with Crippen molar-refractivity contribution in [2.45, 2.75) is 39.2 Å². The maximum Gasteiger partial charge on any atom is 0.239 e. The minimum atomic E-state index is 0.0239. The number of aromatic nitrogens is 3. The third-order valence-electron chi connectivity index (χ3n) is 5.59. The number of benzene rings is 1. The van der Waals surface area contributed by atoms with E-state index in [1.54, 1.807) is 17.7 Å². The first-order chi connectivity index (χ1) is 12.7. The fourth-order valence-corrected chi connectivity index (χ4v) is 4.41. The predicted octanol–water partition coefficient (Wildman–Crippen LogP) is 1.61.